The van der Waals surface area contributed by atoms with Crippen LogP contribution in [-0.2, 0) is 12.1 Å². The quantitative estimate of drug-likeness (QED) is 0.878. The van der Waals surface area contributed by atoms with E-state index in [0.717, 1.165) is 9.69 Å². The van der Waals surface area contributed by atoms with Gasteiger partial charge in [0.1, 0.15) is 10.0 Å². The minimum Gasteiger partial charge on any atom is -0.394 e. The molecule has 0 amide bonds. The zero-order valence-corrected chi connectivity index (χ0v) is 12.7. The number of halogens is 1. The van der Waals surface area contributed by atoms with Gasteiger partial charge in [0.15, 0.2) is 0 Å². The summed E-state index contributed by atoms with van der Waals surface area (Å²) in [5.41, 5.74) is -0.443. The van der Waals surface area contributed by atoms with Gasteiger partial charge in [-0.05, 0) is 13.8 Å². The molecule has 2 heterocycles. The molecule has 0 aromatic carbocycles. The van der Waals surface area contributed by atoms with Crippen LogP contribution >= 0.6 is 22.9 Å². The van der Waals surface area contributed by atoms with Crippen molar-refractivity contribution in [1.82, 2.24) is 14.8 Å². The Morgan fingerprint density at radius 3 is 2.90 bits per heavy atom. The van der Waals surface area contributed by atoms with Crippen molar-refractivity contribution in [1.29, 1.82) is 0 Å². The number of anilines is 1. The number of aliphatic hydroxyl groups excluding tert-OH is 1. The van der Waals surface area contributed by atoms with Crippen LogP contribution in [0.4, 0.5) is 5.69 Å². The van der Waals surface area contributed by atoms with Crippen LogP contribution in [0, 0.1) is 0 Å². The van der Waals surface area contributed by atoms with Gasteiger partial charge in [-0.3, -0.25) is 4.79 Å². The third kappa shape index (κ3) is 3.00. The van der Waals surface area contributed by atoms with Gasteiger partial charge >= 0.3 is 0 Å². The molecular formula is C12H15ClN4O2S. The van der Waals surface area contributed by atoms with E-state index in [9.17, 15) is 4.79 Å². The number of hydrogen-bond donors (Lipinski definition) is 2. The maximum atomic E-state index is 12.0. The van der Waals surface area contributed by atoms with Gasteiger partial charge in [0.2, 0.25) is 0 Å². The Hall–Kier alpha value is -1.44. The summed E-state index contributed by atoms with van der Waals surface area (Å²) >= 11 is 7.58. The van der Waals surface area contributed by atoms with E-state index in [1.165, 1.54) is 17.5 Å². The van der Waals surface area contributed by atoms with Crippen LogP contribution in [-0.4, -0.2) is 26.5 Å². The zero-order chi connectivity index (χ0) is 14.8. The van der Waals surface area contributed by atoms with Crippen molar-refractivity contribution in [3.05, 3.63) is 38.2 Å². The first kappa shape index (κ1) is 15.0. The van der Waals surface area contributed by atoms with Crippen molar-refractivity contribution in [2.45, 2.75) is 25.9 Å². The van der Waals surface area contributed by atoms with Crippen molar-refractivity contribution >= 4 is 28.6 Å². The number of thiazole rings is 1. The molecule has 0 saturated heterocycles. The molecule has 0 aliphatic rings. The Morgan fingerprint density at radius 1 is 1.55 bits per heavy atom. The van der Waals surface area contributed by atoms with Crippen LogP contribution < -0.4 is 10.9 Å². The normalized spacial score (nSPS) is 11.6. The van der Waals surface area contributed by atoms with Crippen LogP contribution in [0.2, 0.25) is 5.02 Å². The third-order valence-corrected chi connectivity index (χ3v) is 4.17. The lowest BCUT2D eigenvalue weighted by atomic mass is 10.1. The molecule has 0 radical (unpaired) electrons. The van der Waals surface area contributed by atoms with Crippen molar-refractivity contribution in [3.8, 4) is 0 Å². The Labute approximate surface area is 125 Å². The molecule has 0 unspecified atom stereocenters. The Bertz CT molecular complexity index is 639. The zero-order valence-electron chi connectivity index (χ0n) is 11.1. The average molecular weight is 315 g/mol. The van der Waals surface area contributed by atoms with E-state index < -0.39 is 11.1 Å². The van der Waals surface area contributed by atoms with Gasteiger partial charge in [-0.15, -0.1) is 11.3 Å². The van der Waals surface area contributed by atoms with Gasteiger partial charge < -0.3 is 10.4 Å². The average Bonchev–Trinajstić information content (AvgIpc) is 2.93. The standard InChI is InChI=1S/C12H15ClN4O2S/c1-12(2,11-14-3-6-20-11)16-8-7-15-17(4-5-18)10(19)9(8)13/h3,6-7,16,18H,4-5H2,1-2H3. The SMILES string of the molecule is CC(C)(Nc1cnn(CCO)c(=O)c1Cl)c1nccs1. The summed E-state index contributed by atoms with van der Waals surface area (Å²) in [5, 5.41) is 18.8. The van der Waals surface area contributed by atoms with Crippen LogP contribution in [0.3, 0.4) is 0 Å². The molecule has 0 bridgehead atoms. The Balaban J connectivity index is 2.31. The number of aliphatic hydroxyl groups is 1. The summed E-state index contributed by atoms with van der Waals surface area (Å²) in [6, 6.07) is 0. The number of nitrogens with one attached hydrogen (secondary N) is 1. The van der Waals surface area contributed by atoms with E-state index in [4.69, 9.17) is 16.7 Å². The molecule has 2 aromatic heterocycles. The van der Waals surface area contributed by atoms with Gasteiger partial charge in [-0.1, -0.05) is 11.6 Å². The monoisotopic (exact) mass is 314 g/mol. The number of rotatable bonds is 5. The number of aromatic nitrogens is 3. The summed E-state index contributed by atoms with van der Waals surface area (Å²) < 4.78 is 1.13. The van der Waals surface area contributed by atoms with Crippen molar-refractivity contribution in [2.24, 2.45) is 0 Å². The fourth-order valence-corrected chi connectivity index (χ4v) is 2.64. The smallest absolute Gasteiger partial charge is 0.287 e. The molecule has 0 saturated carbocycles. The molecule has 8 heteroatoms. The molecule has 108 valence electrons. The second-order valence-electron chi connectivity index (χ2n) is 4.71. The van der Waals surface area contributed by atoms with Crippen LogP contribution in [0.15, 0.2) is 22.6 Å². The van der Waals surface area contributed by atoms with E-state index in [1.807, 2.05) is 19.2 Å². The first-order valence-electron chi connectivity index (χ1n) is 6.00. The largest absolute Gasteiger partial charge is 0.394 e. The molecule has 20 heavy (non-hydrogen) atoms. The first-order valence-corrected chi connectivity index (χ1v) is 7.26. The molecule has 2 N–H and O–H groups in total. The van der Waals surface area contributed by atoms with Gasteiger partial charge in [-0.25, -0.2) is 9.67 Å². The van der Waals surface area contributed by atoms with E-state index in [1.54, 1.807) is 6.20 Å². The number of hydrogen-bond acceptors (Lipinski definition) is 6. The van der Waals surface area contributed by atoms with Gasteiger partial charge in [0.05, 0.1) is 30.6 Å². The van der Waals surface area contributed by atoms with E-state index >= 15 is 0 Å². The highest BCUT2D eigenvalue weighted by Gasteiger charge is 2.25. The van der Waals surface area contributed by atoms with Crippen molar-refractivity contribution < 1.29 is 5.11 Å². The van der Waals surface area contributed by atoms with Crippen molar-refractivity contribution in [3.63, 3.8) is 0 Å². The second-order valence-corrected chi connectivity index (χ2v) is 5.98. The van der Waals surface area contributed by atoms with Gasteiger partial charge in [-0.2, -0.15) is 5.10 Å². The van der Waals surface area contributed by atoms with Crippen LogP contribution in [0.25, 0.3) is 0 Å². The van der Waals surface area contributed by atoms with Crippen LogP contribution in [0.1, 0.15) is 18.9 Å². The molecule has 0 aliphatic heterocycles. The highest BCUT2D eigenvalue weighted by molar-refractivity contribution is 7.09. The summed E-state index contributed by atoms with van der Waals surface area (Å²) in [5.74, 6) is 0. The minimum absolute atomic E-state index is 0.0538. The molecule has 0 atom stereocenters. The van der Waals surface area contributed by atoms with Gasteiger partial charge in [0, 0.05) is 11.6 Å². The maximum absolute atomic E-state index is 12.0. The summed E-state index contributed by atoms with van der Waals surface area (Å²) in [6.07, 6.45) is 3.21. The number of nitrogens with zero attached hydrogens (tertiary/aromatic N) is 3. The highest BCUT2D eigenvalue weighted by Crippen LogP contribution is 2.28. The topological polar surface area (TPSA) is 80.0 Å². The lowest BCUT2D eigenvalue weighted by Gasteiger charge is -2.25. The molecule has 2 aromatic rings. The van der Waals surface area contributed by atoms with E-state index in [-0.39, 0.29) is 18.2 Å². The minimum atomic E-state index is -0.463. The highest BCUT2D eigenvalue weighted by atomic mass is 35.5. The fraction of sp³-hybridized carbons (Fsp3) is 0.417. The van der Waals surface area contributed by atoms with Crippen LogP contribution in [0.5, 0.6) is 0 Å². The fourth-order valence-electron chi connectivity index (χ4n) is 1.73. The summed E-state index contributed by atoms with van der Waals surface area (Å²) in [4.78, 5) is 16.2. The molecular weight excluding hydrogens is 300 g/mol. The van der Waals surface area contributed by atoms with E-state index in [2.05, 4.69) is 15.4 Å². The molecule has 0 spiro atoms. The maximum Gasteiger partial charge on any atom is 0.287 e. The summed E-state index contributed by atoms with van der Waals surface area (Å²) in [6.45, 7) is 3.85. The van der Waals surface area contributed by atoms with E-state index in [0.29, 0.717) is 5.69 Å². The summed E-state index contributed by atoms with van der Waals surface area (Å²) in [7, 11) is 0. The van der Waals surface area contributed by atoms with Gasteiger partial charge in [0.25, 0.3) is 5.56 Å². The Morgan fingerprint density at radius 2 is 2.30 bits per heavy atom. The third-order valence-electron chi connectivity index (χ3n) is 2.71. The van der Waals surface area contributed by atoms with Crippen molar-refractivity contribution in [2.75, 3.05) is 11.9 Å². The molecule has 0 aliphatic carbocycles. The second kappa shape index (κ2) is 5.90. The molecule has 6 nitrogen and oxygen atoms in total. The Kier molecular flexibility index (Phi) is 4.42. The lowest BCUT2D eigenvalue weighted by Crippen LogP contribution is -2.31. The molecule has 0 fully saturated rings. The predicted molar refractivity (Wildman–Crippen MR) is 79.4 cm³/mol. The predicted octanol–water partition coefficient (Wildman–Crippen LogP) is 1.69. The first-order chi connectivity index (χ1) is 9.45. The lowest BCUT2D eigenvalue weighted by molar-refractivity contribution is 0.266. The molecule has 2 rings (SSSR count).